The van der Waals surface area contributed by atoms with Crippen molar-refractivity contribution in [2.75, 3.05) is 13.2 Å². The Morgan fingerprint density at radius 3 is 3.27 bits per heavy atom. The van der Waals surface area contributed by atoms with Gasteiger partial charge in [0.25, 0.3) is 0 Å². The minimum absolute atomic E-state index is 0.294. The molecule has 1 N–H and O–H groups in total. The van der Waals surface area contributed by atoms with E-state index in [4.69, 9.17) is 4.74 Å². The number of nitrogens with one attached hydrogen (secondary N) is 1. The number of morpholine rings is 1. The van der Waals surface area contributed by atoms with Crippen molar-refractivity contribution in [3.05, 3.63) is 34.9 Å². The van der Waals surface area contributed by atoms with Gasteiger partial charge in [0.1, 0.15) is 0 Å². The van der Waals surface area contributed by atoms with Crippen LogP contribution >= 0.6 is 0 Å². The lowest BCUT2D eigenvalue weighted by molar-refractivity contribution is -0.0127. The van der Waals surface area contributed by atoms with Crippen LogP contribution in [0.3, 0.4) is 0 Å². The van der Waals surface area contributed by atoms with Crippen molar-refractivity contribution in [3.8, 4) is 0 Å². The minimum atomic E-state index is 0.294. The standard InChI is InChI=1S/C13H17NO/c1-9-2-3-10-4-5-12-13(11(10)8-9)15-7-6-14-12/h2-3,8,12-14H,4-7H2,1H3. The lowest BCUT2D eigenvalue weighted by Crippen LogP contribution is -2.45. The van der Waals surface area contributed by atoms with Gasteiger partial charge in [0.2, 0.25) is 0 Å². The molecule has 0 spiro atoms. The summed E-state index contributed by atoms with van der Waals surface area (Å²) in [7, 11) is 0. The second kappa shape index (κ2) is 3.62. The third kappa shape index (κ3) is 1.58. The van der Waals surface area contributed by atoms with Crippen LogP contribution in [0.5, 0.6) is 0 Å². The van der Waals surface area contributed by atoms with E-state index in [2.05, 4.69) is 30.4 Å². The summed E-state index contributed by atoms with van der Waals surface area (Å²) in [4.78, 5) is 0. The normalized spacial score (nSPS) is 29.4. The molecule has 15 heavy (non-hydrogen) atoms. The summed E-state index contributed by atoms with van der Waals surface area (Å²) in [5, 5.41) is 3.56. The first-order valence-electron chi connectivity index (χ1n) is 5.79. The average molecular weight is 203 g/mol. The maximum Gasteiger partial charge on any atom is 0.0981 e. The monoisotopic (exact) mass is 203 g/mol. The molecule has 1 heterocycles. The fourth-order valence-electron chi connectivity index (χ4n) is 2.73. The molecular formula is C13H17NO. The molecule has 2 aliphatic rings. The van der Waals surface area contributed by atoms with Gasteiger partial charge in [-0.1, -0.05) is 23.8 Å². The van der Waals surface area contributed by atoms with Crippen LogP contribution in [0.2, 0.25) is 0 Å². The molecule has 1 aliphatic heterocycles. The molecule has 1 saturated heterocycles. The maximum atomic E-state index is 5.90. The molecule has 2 atom stereocenters. The number of ether oxygens (including phenoxy) is 1. The van der Waals surface area contributed by atoms with Crippen LogP contribution in [-0.4, -0.2) is 19.2 Å². The van der Waals surface area contributed by atoms with E-state index in [0.717, 1.165) is 13.2 Å². The third-order valence-electron chi connectivity index (χ3n) is 3.50. The van der Waals surface area contributed by atoms with E-state index >= 15 is 0 Å². The van der Waals surface area contributed by atoms with Crippen LogP contribution < -0.4 is 5.32 Å². The Hall–Kier alpha value is -0.860. The Kier molecular flexibility index (Phi) is 2.26. The van der Waals surface area contributed by atoms with Gasteiger partial charge in [-0.05, 0) is 30.9 Å². The molecule has 1 aliphatic carbocycles. The zero-order valence-corrected chi connectivity index (χ0v) is 9.12. The molecule has 0 radical (unpaired) electrons. The molecule has 0 aromatic heterocycles. The lowest BCUT2D eigenvalue weighted by atomic mass is 9.84. The summed E-state index contributed by atoms with van der Waals surface area (Å²) in [5.74, 6) is 0. The predicted octanol–water partition coefficient (Wildman–Crippen LogP) is 1.97. The zero-order valence-electron chi connectivity index (χ0n) is 9.12. The summed E-state index contributed by atoms with van der Waals surface area (Å²) < 4.78 is 5.90. The minimum Gasteiger partial charge on any atom is -0.371 e. The Bertz CT molecular complexity index is 375. The van der Waals surface area contributed by atoms with E-state index in [-0.39, 0.29) is 0 Å². The summed E-state index contributed by atoms with van der Waals surface area (Å²) >= 11 is 0. The van der Waals surface area contributed by atoms with Crippen molar-refractivity contribution in [3.63, 3.8) is 0 Å². The second-order valence-corrected chi connectivity index (χ2v) is 4.59. The van der Waals surface area contributed by atoms with E-state index in [1.165, 1.54) is 29.5 Å². The lowest BCUT2D eigenvalue weighted by Gasteiger charge is -2.37. The molecule has 0 amide bonds. The highest BCUT2D eigenvalue weighted by Gasteiger charge is 2.32. The molecule has 1 fully saturated rings. The predicted molar refractivity (Wildman–Crippen MR) is 60.0 cm³/mol. The first-order chi connectivity index (χ1) is 7.34. The Balaban J connectivity index is 2.01. The van der Waals surface area contributed by atoms with Crippen LogP contribution in [0, 0.1) is 6.92 Å². The van der Waals surface area contributed by atoms with Gasteiger partial charge in [0.05, 0.1) is 12.7 Å². The quantitative estimate of drug-likeness (QED) is 0.696. The Morgan fingerprint density at radius 2 is 2.33 bits per heavy atom. The first kappa shape index (κ1) is 9.37. The van der Waals surface area contributed by atoms with Gasteiger partial charge >= 0.3 is 0 Å². The van der Waals surface area contributed by atoms with Gasteiger partial charge in [-0.3, -0.25) is 0 Å². The first-order valence-corrected chi connectivity index (χ1v) is 5.79. The van der Waals surface area contributed by atoms with Crippen molar-refractivity contribution in [2.45, 2.75) is 31.9 Å². The molecule has 80 valence electrons. The molecule has 3 rings (SSSR count). The van der Waals surface area contributed by atoms with Gasteiger partial charge in [0, 0.05) is 12.6 Å². The van der Waals surface area contributed by atoms with Gasteiger partial charge in [-0.2, -0.15) is 0 Å². The Morgan fingerprint density at radius 1 is 1.40 bits per heavy atom. The number of hydrogen-bond acceptors (Lipinski definition) is 2. The number of hydrogen-bond donors (Lipinski definition) is 1. The van der Waals surface area contributed by atoms with Crippen molar-refractivity contribution < 1.29 is 4.74 Å². The molecule has 0 bridgehead atoms. The number of rotatable bonds is 0. The third-order valence-corrected chi connectivity index (χ3v) is 3.50. The summed E-state index contributed by atoms with van der Waals surface area (Å²) in [5.41, 5.74) is 4.23. The van der Waals surface area contributed by atoms with E-state index in [9.17, 15) is 0 Å². The molecule has 1 aromatic carbocycles. The largest absolute Gasteiger partial charge is 0.371 e. The highest BCUT2D eigenvalue weighted by Crippen LogP contribution is 2.34. The van der Waals surface area contributed by atoms with Crippen LogP contribution in [-0.2, 0) is 11.2 Å². The summed E-state index contributed by atoms with van der Waals surface area (Å²) in [6, 6.07) is 7.29. The van der Waals surface area contributed by atoms with Crippen LogP contribution in [0.1, 0.15) is 29.2 Å². The average Bonchev–Trinajstić information content (AvgIpc) is 2.29. The van der Waals surface area contributed by atoms with E-state index in [1.807, 2.05) is 0 Å². The van der Waals surface area contributed by atoms with Crippen molar-refractivity contribution in [1.29, 1.82) is 0 Å². The molecule has 2 heteroatoms. The summed E-state index contributed by atoms with van der Waals surface area (Å²) in [6.07, 6.45) is 2.69. The Labute approximate surface area is 90.6 Å². The maximum absolute atomic E-state index is 5.90. The molecule has 1 aromatic rings. The van der Waals surface area contributed by atoms with E-state index in [1.54, 1.807) is 0 Å². The van der Waals surface area contributed by atoms with Crippen LogP contribution in [0.15, 0.2) is 18.2 Å². The van der Waals surface area contributed by atoms with Crippen molar-refractivity contribution >= 4 is 0 Å². The van der Waals surface area contributed by atoms with E-state index in [0.29, 0.717) is 12.1 Å². The van der Waals surface area contributed by atoms with Gasteiger partial charge in [-0.25, -0.2) is 0 Å². The van der Waals surface area contributed by atoms with Gasteiger partial charge < -0.3 is 10.1 Å². The van der Waals surface area contributed by atoms with Crippen molar-refractivity contribution in [1.82, 2.24) is 5.32 Å². The van der Waals surface area contributed by atoms with Gasteiger partial charge in [-0.15, -0.1) is 0 Å². The number of aryl methyl sites for hydroxylation is 2. The molecular weight excluding hydrogens is 186 g/mol. The van der Waals surface area contributed by atoms with Crippen molar-refractivity contribution in [2.24, 2.45) is 0 Å². The van der Waals surface area contributed by atoms with Crippen LogP contribution in [0.25, 0.3) is 0 Å². The van der Waals surface area contributed by atoms with E-state index < -0.39 is 0 Å². The van der Waals surface area contributed by atoms with Crippen LogP contribution in [0.4, 0.5) is 0 Å². The number of benzene rings is 1. The topological polar surface area (TPSA) is 21.3 Å². The molecule has 2 unspecified atom stereocenters. The van der Waals surface area contributed by atoms with Gasteiger partial charge in [0.15, 0.2) is 0 Å². The second-order valence-electron chi connectivity index (χ2n) is 4.59. The zero-order chi connectivity index (χ0) is 10.3. The smallest absolute Gasteiger partial charge is 0.0981 e. The molecule has 0 saturated carbocycles. The summed E-state index contributed by atoms with van der Waals surface area (Å²) in [6.45, 7) is 4.00. The highest BCUT2D eigenvalue weighted by molar-refractivity contribution is 5.36. The number of fused-ring (bicyclic) bond motifs is 3. The fourth-order valence-corrected chi connectivity index (χ4v) is 2.73. The fraction of sp³-hybridized carbons (Fsp3) is 0.538. The highest BCUT2D eigenvalue weighted by atomic mass is 16.5. The SMILES string of the molecule is Cc1ccc2c(c1)C1OCCNC1CC2. The molecule has 2 nitrogen and oxygen atoms in total.